The zero-order chi connectivity index (χ0) is 29.0. The van der Waals surface area contributed by atoms with Gasteiger partial charge < -0.3 is 15.3 Å². The Labute approximate surface area is 241 Å². The zero-order valence-corrected chi connectivity index (χ0v) is 24.3. The standard InChI is InChI=1S/C31H40N8O2/c1-5-7-8-17-36-18-20-37(21-19-36)24-14-12-23(13-15-24)33-30-32-22-25-28(35-30)39(38(16-6-2)29(25)40)27-11-9-10-26(34-27)31(3,4)41/h6,9-15,22,41H,2,5,7-8,16-21H2,1,3-4H3,(H,32,33,35). The molecule has 4 aromatic rings. The number of anilines is 3. The highest BCUT2D eigenvalue weighted by Gasteiger charge is 2.22. The number of nitrogens with one attached hydrogen (secondary N) is 1. The number of aliphatic hydroxyl groups is 1. The molecule has 4 heterocycles. The Morgan fingerprint density at radius 2 is 1.80 bits per heavy atom. The van der Waals surface area contributed by atoms with Gasteiger partial charge in [0.1, 0.15) is 11.0 Å². The number of piperazine rings is 1. The van der Waals surface area contributed by atoms with Crippen molar-refractivity contribution in [1.29, 1.82) is 0 Å². The van der Waals surface area contributed by atoms with E-state index >= 15 is 0 Å². The molecular formula is C31H40N8O2. The summed E-state index contributed by atoms with van der Waals surface area (Å²) >= 11 is 0. The first-order valence-electron chi connectivity index (χ1n) is 14.4. The Kier molecular flexibility index (Phi) is 8.51. The minimum absolute atomic E-state index is 0.239. The Bertz CT molecular complexity index is 1540. The number of benzene rings is 1. The van der Waals surface area contributed by atoms with Crippen LogP contribution < -0.4 is 15.8 Å². The van der Waals surface area contributed by atoms with Crippen LogP contribution in [-0.4, -0.2) is 67.0 Å². The summed E-state index contributed by atoms with van der Waals surface area (Å²) in [6.45, 7) is 15.1. The molecule has 1 saturated heterocycles. The number of unbranched alkanes of at least 4 members (excludes halogenated alkanes) is 2. The van der Waals surface area contributed by atoms with Gasteiger partial charge in [-0.25, -0.2) is 19.3 Å². The van der Waals surface area contributed by atoms with Crippen LogP contribution in [0.4, 0.5) is 17.3 Å². The topological polar surface area (TPSA) is 104 Å². The second-order valence-corrected chi connectivity index (χ2v) is 11.1. The van der Waals surface area contributed by atoms with Crippen molar-refractivity contribution in [1.82, 2.24) is 29.2 Å². The average Bonchev–Trinajstić information content (AvgIpc) is 3.24. The van der Waals surface area contributed by atoms with Crippen molar-refractivity contribution in [2.45, 2.75) is 52.2 Å². The second kappa shape index (κ2) is 12.2. The molecule has 1 aromatic carbocycles. The van der Waals surface area contributed by atoms with Crippen molar-refractivity contribution in [3.05, 3.63) is 77.4 Å². The minimum Gasteiger partial charge on any atom is -0.384 e. The summed E-state index contributed by atoms with van der Waals surface area (Å²) < 4.78 is 3.18. The predicted molar refractivity (Wildman–Crippen MR) is 164 cm³/mol. The molecule has 10 nitrogen and oxygen atoms in total. The monoisotopic (exact) mass is 556 g/mol. The number of rotatable bonds is 11. The van der Waals surface area contributed by atoms with Crippen molar-refractivity contribution >= 4 is 28.4 Å². The normalized spacial score (nSPS) is 14.5. The van der Waals surface area contributed by atoms with Gasteiger partial charge in [-0.05, 0) is 63.2 Å². The van der Waals surface area contributed by atoms with E-state index in [1.807, 2.05) is 12.1 Å². The number of fused-ring (bicyclic) bond motifs is 1. The Morgan fingerprint density at radius 1 is 1.05 bits per heavy atom. The molecule has 2 N–H and O–H groups in total. The largest absolute Gasteiger partial charge is 0.384 e. The lowest BCUT2D eigenvalue weighted by Crippen LogP contribution is -2.46. The molecule has 0 amide bonds. The van der Waals surface area contributed by atoms with Crippen LogP contribution in [0.15, 0.2) is 66.1 Å². The van der Waals surface area contributed by atoms with Crippen LogP contribution in [0.1, 0.15) is 45.7 Å². The SMILES string of the molecule is C=CCn1c(=O)c2cnc(Nc3ccc(N4CCN(CCCCC)CC4)cc3)nc2n1-c1cccc(C(C)(C)O)n1. The molecule has 3 aromatic heterocycles. The maximum Gasteiger partial charge on any atom is 0.278 e. The van der Waals surface area contributed by atoms with Gasteiger partial charge in [-0.3, -0.25) is 9.69 Å². The fourth-order valence-corrected chi connectivity index (χ4v) is 5.19. The first kappa shape index (κ1) is 28.5. The summed E-state index contributed by atoms with van der Waals surface area (Å²) in [5, 5.41) is 14.2. The fourth-order valence-electron chi connectivity index (χ4n) is 5.19. The number of aromatic nitrogens is 5. The lowest BCUT2D eigenvalue weighted by Gasteiger charge is -2.36. The van der Waals surface area contributed by atoms with Gasteiger partial charge in [0.25, 0.3) is 5.56 Å². The van der Waals surface area contributed by atoms with Gasteiger partial charge in [-0.15, -0.1) is 6.58 Å². The molecule has 10 heteroatoms. The third-order valence-electron chi connectivity index (χ3n) is 7.49. The Hall–Kier alpha value is -4.02. The average molecular weight is 557 g/mol. The van der Waals surface area contributed by atoms with Crippen molar-refractivity contribution in [3.63, 3.8) is 0 Å². The van der Waals surface area contributed by atoms with Crippen molar-refractivity contribution in [2.24, 2.45) is 0 Å². The molecule has 5 rings (SSSR count). The van der Waals surface area contributed by atoms with Crippen LogP contribution in [0, 0.1) is 0 Å². The molecule has 1 aliphatic heterocycles. The molecule has 0 saturated carbocycles. The minimum atomic E-state index is -1.14. The van der Waals surface area contributed by atoms with Crippen LogP contribution in [0.3, 0.4) is 0 Å². The summed E-state index contributed by atoms with van der Waals surface area (Å²) in [5.74, 6) is 0.840. The van der Waals surface area contributed by atoms with Crippen LogP contribution in [0.2, 0.25) is 0 Å². The van der Waals surface area contributed by atoms with Crippen molar-refractivity contribution < 1.29 is 5.11 Å². The molecule has 41 heavy (non-hydrogen) atoms. The molecule has 1 fully saturated rings. The summed E-state index contributed by atoms with van der Waals surface area (Å²) in [6, 6.07) is 13.6. The lowest BCUT2D eigenvalue weighted by atomic mass is 10.1. The third kappa shape index (κ3) is 6.34. The molecule has 0 radical (unpaired) electrons. The van der Waals surface area contributed by atoms with Crippen molar-refractivity contribution in [2.75, 3.05) is 42.9 Å². The van der Waals surface area contributed by atoms with Gasteiger partial charge in [0.05, 0.1) is 12.2 Å². The van der Waals surface area contributed by atoms with Gasteiger partial charge >= 0.3 is 0 Å². The first-order valence-corrected chi connectivity index (χ1v) is 14.4. The van der Waals surface area contributed by atoms with E-state index < -0.39 is 5.60 Å². The first-order chi connectivity index (χ1) is 19.8. The van der Waals surface area contributed by atoms with Crippen LogP contribution >= 0.6 is 0 Å². The van der Waals surface area contributed by atoms with E-state index in [1.165, 1.54) is 42.4 Å². The van der Waals surface area contributed by atoms with E-state index in [4.69, 9.17) is 4.98 Å². The highest BCUT2D eigenvalue weighted by atomic mass is 16.3. The summed E-state index contributed by atoms with van der Waals surface area (Å²) in [5.41, 5.74) is 1.58. The molecule has 0 spiro atoms. The van der Waals surface area contributed by atoms with E-state index in [1.54, 1.807) is 42.8 Å². The second-order valence-electron chi connectivity index (χ2n) is 11.1. The molecule has 0 aliphatic carbocycles. The van der Waals surface area contributed by atoms with E-state index in [9.17, 15) is 9.90 Å². The quantitative estimate of drug-likeness (QED) is 0.206. The molecule has 0 unspecified atom stereocenters. The highest BCUT2D eigenvalue weighted by Crippen LogP contribution is 2.24. The van der Waals surface area contributed by atoms with E-state index in [0.29, 0.717) is 28.5 Å². The number of allylic oxidation sites excluding steroid dienone is 1. The Balaban J connectivity index is 1.37. The zero-order valence-electron chi connectivity index (χ0n) is 24.3. The summed E-state index contributed by atoms with van der Waals surface area (Å²) in [4.78, 5) is 32.0. The Morgan fingerprint density at radius 3 is 2.49 bits per heavy atom. The maximum absolute atomic E-state index is 13.2. The molecule has 0 bridgehead atoms. The lowest BCUT2D eigenvalue weighted by molar-refractivity contribution is 0.0738. The van der Waals surface area contributed by atoms with Crippen LogP contribution in [0.25, 0.3) is 16.9 Å². The number of nitrogens with zero attached hydrogens (tertiary/aromatic N) is 7. The van der Waals surface area contributed by atoms with Crippen molar-refractivity contribution in [3.8, 4) is 5.82 Å². The van der Waals surface area contributed by atoms with E-state index in [0.717, 1.165) is 31.9 Å². The third-order valence-corrected chi connectivity index (χ3v) is 7.49. The molecule has 1 aliphatic rings. The van der Waals surface area contributed by atoms with Gasteiger partial charge in [0.2, 0.25) is 5.95 Å². The van der Waals surface area contributed by atoms with Gasteiger partial charge in [0, 0.05) is 43.8 Å². The summed E-state index contributed by atoms with van der Waals surface area (Å²) in [7, 11) is 0. The fraction of sp³-hybridized carbons (Fsp3) is 0.419. The van der Waals surface area contributed by atoms with Gasteiger partial charge in [-0.1, -0.05) is 31.9 Å². The van der Waals surface area contributed by atoms with Crippen LogP contribution in [0.5, 0.6) is 0 Å². The number of hydrogen-bond donors (Lipinski definition) is 2. The molecule has 216 valence electrons. The molecule has 0 atom stereocenters. The maximum atomic E-state index is 13.2. The summed E-state index contributed by atoms with van der Waals surface area (Å²) in [6.07, 6.45) is 7.03. The van der Waals surface area contributed by atoms with E-state index in [-0.39, 0.29) is 12.1 Å². The predicted octanol–water partition coefficient (Wildman–Crippen LogP) is 4.45. The van der Waals surface area contributed by atoms with Gasteiger partial charge in [-0.2, -0.15) is 4.98 Å². The number of hydrogen-bond acceptors (Lipinski definition) is 8. The smallest absolute Gasteiger partial charge is 0.278 e. The van der Waals surface area contributed by atoms with E-state index in [2.05, 4.69) is 50.7 Å². The highest BCUT2D eigenvalue weighted by molar-refractivity contribution is 5.77. The number of pyridine rings is 1. The molecular weight excluding hydrogens is 516 g/mol. The van der Waals surface area contributed by atoms with Crippen LogP contribution in [-0.2, 0) is 12.1 Å². The van der Waals surface area contributed by atoms with Gasteiger partial charge in [0.15, 0.2) is 11.5 Å².